The van der Waals surface area contributed by atoms with Crippen molar-refractivity contribution in [3.8, 4) is 0 Å². The van der Waals surface area contributed by atoms with E-state index in [2.05, 4.69) is 0 Å². The van der Waals surface area contributed by atoms with E-state index < -0.39 is 0 Å². The van der Waals surface area contributed by atoms with E-state index in [1.807, 2.05) is 13.1 Å². The normalized spacial score (nSPS) is 9.67. The molecule has 0 aliphatic heterocycles. The Morgan fingerprint density at radius 3 is 2.00 bits per heavy atom. The fourth-order valence-corrected chi connectivity index (χ4v) is 0.903. The van der Waals surface area contributed by atoms with Crippen molar-refractivity contribution in [2.75, 3.05) is 0 Å². The van der Waals surface area contributed by atoms with Crippen LogP contribution in [0.5, 0.6) is 0 Å². The summed E-state index contributed by atoms with van der Waals surface area (Å²) < 4.78 is 1.70. The quantitative estimate of drug-likeness (QED) is 0.405. The Kier molecular flexibility index (Phi) is 1.94. The van der Waals surface area contributed by atoms with Gasteiger partial charge in [0.1, 0.15) is 7.05 Å². The number of nitrogens with zero attached hydrogens (tertiary/aromatic N) is 1. The van der Waals surface area contributed by atoms with E-state index in [0.29, 0.717) is 10.3 Å². The lowest BCUT2D eigenvalue weighted by Gasteiger charge is -1.89. The van der Waals surface area contributed by atoms with Gasteiger partial charge >= 0.3 is 0 Å². The zero-order valence-electron chi connectivity index (χ0n) is 4.94. The van der Waals surface area contributed by atoms with Crippen molar-refractivity contribution >= 4 is 23.2 Å². The Bertz CT molecular complexity index is 202. The summed E-state index contributed by atoms with van der Waals surface area (Å²) in [6.45, 7) is 0. The van der Waals surface area contributed by atoms with Crippen molar-refractivity contribution in [1.29, 1.82) is 0 Å². The molecule has 3 heteroatoms. The number of rotatable bonds is 0. The van der Waals surface area contributed by atoms with Gasteiger partial charge in [-0.1, -0.05) is 0 Å². The number of pyridine rings is 1. The van der Waals surface area contributed by atoms with E-state index in [1.54, 1.807) is 16.7 Å². The Balaban J connectivity index is 3.25. The van der Waals surface area contributed by atoms with Crippen LogP contribution in [0.4, 0.5) is 0 Å². The van der Waals surface area contributed by atoms with Gasteiger partial charge in [0, 0.05) is 12.1 Å². The smallest absolute Gasteiger partial charge is 0.175 e. The average molecular weight is 163 g/mol. The van der Waals surface area contributed by atoms with Gasteiger partial charge < -0.3 is 0 Å². The Labute approximate surface area is 63.8 Å². The predicted octanol–water partition coefficient (Wildman–Crippen LogP) is 1.82. The molecular weight excluding hydrogens is 157 g/mol. The number of halogens is 2. The van der Waals surface area contributed by atoms with Gasteiger partial charge in [-0.3, -0.25) is 0 Å². The van der Waals surface area contributed by atoms with Crippen molar-refractivity contribution in [1.82, 2.24) is 0 Å². The summed E-state index contributed by atoms with van der Waals surface area (Å²) in [4.78, 5) is 0. The first-order valence-electron chi connectivity index (χ1n) is 2.52. The minimum Gasteiger partial charge on any atom is -0.175 e. The van der Waals surface area contributed by atoms with Crippen LogP contribution in [0.3, 0.4) is 0 Å². The van der Waals surface area contributed by atoms with E-state index in [9.17, 15) is 0 Å². The second-order valence-corrected chi connectivity index (χ2v) is 2.50. The third kappa shape index (κ3) is 1.35. The maximum atomic E-state index is 5.69. The van der Waals surface area contributed by atoms with Crippen molar-refractivity contribution < 1.29 is 4.57 Å². The lowest BCUT2D eigenvalue weighted by molar-refractivity contribution is -0.667. The van der Waals surface area contributed by atoms with Crippen LogP contribution in [0.15, 0.2) is 18.2 Å². The van der Waals surface area contributed by atoms with Crippen molar-refractivity contribution in [3.05, 3.63) is 28.5 Å². The van der Waals surface area contributed by atoms with Crippen LogP contribution in [0.2, 0.25) is 10.3 Å². The molecule has 0 bridgehead atoms. The van der Waals surface area contributed by atoms with E-state index >= 15 is 0 Å². The molecule has 0 fully saturated rings. The standard InChI is InChI=1S/C6H6Cl2N/c1-9-5(7)3-2-4-6(9)8/h2-4H,1H3/q+1. The zero-order chi connectivity index (χ0) is 6.85. The SMILES string of the molecule is C[n+]1c(Cl)cccc1Cl. The maximum Gasteiger partial charge on any atom is 0.275 e. The molecule has 0 amide bonds. The average Bonchev–Trinajstić information content (AvgIpc) is 1.83. The molecule has 0 aliphatic rings. The lowest BCUT2D eigenvalue weighted by Crippen LogP contribution is -2.30. The topological polar surface area (TPSA) is 3.88 Å². The highest BCUT2D eigenvalue weighted by Crippen LogP contribution is 2.05. The van der Waals surface area contributed by atoms with E-state index in [1.165, 1.54) is 0 Å². The highest BCUT2D eigenvalue weighted by atomic mass is 35.5. The van der Waals surface area contributed by atoms with Gasteiger partial charge in [0.15, 0.2) is 0 Å². The van der Waals surface area contributed by atoms with Crippen molar-refractivity contribution in [3.63, 3.8) is 0 Å². The number of hydrogen-bond acceptors (Lipinski definition) is 0. The molecule has 1 nitrogen and oxygen atoms in total. The molecule has 0 saturated heterocycles. The molecule has 1 aromatic rings. The van der Waals surface area contributed by atoms with Gasteiger partial charge in [0.2, 0.25) is 0 Å². The first-order chi connectivity index (χ1) is 4.22. The monoisotopic (exact) mass is 162 g/mol. The summed E-state index contributed by atoms with van der Waals surface area (Å²) in [6, 6.07) is 5.38. The third-order valence-electron chi connectivity index (χ3n) is 1.11. The van der Waals surface area contributed by atoms with Gasteiger partial charge in [-0.2, -0.15) is 4.57 Å². The first-order valence-corrected chi connectivity index (χ1v) is 3.27. The summed E-state index contributed by atoms with van der Waals surface area (Å²) in [5.41, 5.74) is 0. The van der Waals surface area contributed by atoms with Crippen LogP contribution in [0.25, 0.3) is 0 Å². The summed E-state index contributed by atoms with van der Waals surface area (Å²) in [6.07, 6.45) is 0. The fourth-order valence-electron chi connectivity index (χ4n) is 0.533. The molecule has 1 rings (SSSR count). The molecule has 0 N–H and O–H groups in total. The summed E-state index contributed by atoms with van der Waals surface area (Å²) in [7, 11) is 1.81. The summed E-state index contributed by atoms with van der Waals surface area (Å²) >= 11 is 11.4. The highest BCUT2D eigenvalue weighted by Gasteiger charge is 2.04. The summed E-state index contributed by atoms with van der Waals surface area (Å²) in [5, 5.41) is 1.28. The molecular formula is C6H6Cl2N+. The van der Waals surface area contributed by atoms with E-state index in [-0.39, 0.29) is 0 Å². The number of aromatic nitrogens is 1. The first kappa shape index (κ1) is 6.84. The van der Waals surface area contributed by atoms with E-state index in [0.717, 1.165) is 0 Å². The highest BCUT2D eigenvalue weighted by molar-refractivity contribution is 6.30. The second kappa shape index (κ2) is 2.54. The molecule has 1 aromatic heterocycles. The van der Waals surface area contributed by atoms with Gasteiger partial charge in [0.05, 0.1) is 0 Å². The van der Waals surface area contributed by atoms with Crippen LogP contribution in [0.1, 0.15) is 0 Å². The van der Waals surface area contributed by atoms with Gasteiger partial charge in [-0.05, 0) is 29.3 Å². The molecule has 0 aliphatic carbocycles. The molecule has 1 heterocycles. The second-order valence-electron chi connectivity index (χ2n) is 1.73. The molecule has 0 radical (unpaired) electrons. The lowest BCUT2D eigenvalue weighted by atomic mass is 10.5. The van der Waals surface area contributed by atoms with Crippen LogP contribution >= 0.6 is 23.2 Å². The molecule has 9 heavy (non-hydrogen) atoms. The molecule has 0 saturated carbocycles. The fraction of sp³-hybridized carbons (Fsp3) is 0.167. The minimum atomic E-state index is 0.641. The molecule has 0 aromatic carbocycles. The van der Waals surface area contributed by atoms with Crippen LogP contribution in [-0.2, 0) is 7.05 Å². The van der Waals surface area contributed by atoms with Gasteiger partial charge in [0.25, 0.3) is 10.3 Å². The van der Waals surface area contributed by atoms with Crippen molar-refractivity contribution in [2.45, 2.75) is 0 Å². The van der Waals surface area contributed by atoms with Gasteiger partial charge in [-0.25, -0.2) is 0 Å². The number of hydrogen-bond donors (Lipinski definition) is 0. The van der Waals surface area contributed by atoms with Crippen LogP contribution in [0, 0.1) is 0 Å². The van der Waals surface area contributed by atoms with E-state index in [4.69, 9.17) is 23.2 Å². The molecule has 0 atom stereocenters. The molecule has 0 spiro atoms. The molecule has 48 valence electrons. The Morgan fingerprint density at radius 1 is 1.22 bits per heavy atom. The van der Waals surface area contributed by atoms with Crippen molar-refractivity contribution in [2.24, 2.45) is 7.05 Å². The predicted molar refractivity (Wildman–Crippen MR) is 37.6 cm³/mol. The summed E-state index contributed by atoms with van der Waals surface area (Å²) in [5.74, 6) is 0. The zero-order valence-corrected chi connectivity index (χ0v) is 6.45. The largest absolute Gasteiger partial charge is 0.275 e. The minimum absolute atomic E-state index is 0.641. The Hall–Kier alpha value is -0.270. The van der Waals surface area contributed by atoms with Gasteiger partial charge in [-0.15, -0.1) is 0 Å². The third-order valence-corrected chi connectivity index (χ3v) is 1.87. The van der Waals surface area contributed by atoms with Crippen LogP contribution in [-0.4, -0.2) is 0 Å². The molecule has 0 unspecified atom stereocenters. The Morgan fingerprint density at radius 2 is 1.67 bits per heavy atom. The maximum absolute atomic E-state index is 5.69. The van der Waals surface area contributed by atoms with Crippen LogP contribution < -0.4 is 4.57 Å².